The van der Waals surface area contributed by atoms with E-state index in [4.69, 9.17) is 0 Å². The topological polar surface area (TPSA) is 46.2 Å². The number of benzene rings is 1. The van der Waals surface area contributed by atoms with Gasteiger partial charge in [0.05, 0.1) is 5.75 Å². The van der Waals surface area contributed by atoms with Crippen LogP contribution in [-0.2, 0) is 23.0 Å². The van der Waals surface area contributed by atoms with Crippen LogP contribution in [0.15, 0.2) is 24.3 Å². The van der Waals surface area contributed by atoms with Crippen LogP contribution in [0.3, 0.4) is 0 Å². The van der Waals surface area contributed by atoms with E-state index >= 15 is 0 Å². The lowest BCUT2D eigenvalue weighted by Crippen LogP contribution is -2.24. The zero-order chi connectivity index (χ0) is 12.9. The molecule has 3 nitrogen and oxygen atoms in total. The molecular formula is C13H21NO2S. The first-order valence-electron chi connectivity index (χ1n) is 5.98. The highest BCUT2D eigenvalue weighted by Crippen LogP contribution is 2.09. The van der Waals surface area contributed by atoms with Crippen molar-refractivity contribution in [2.24, 2.45) is 5.92 Å². The van der Waals surface area contributed by atoms with Crippen LogP contribution >= 0.6 is 0 Å². The molecule has 0 saturated heterocycles. The number of sulfonamides is 1. The molecule has 0 fully saturated rings. The van der Waals surface area contributed by atoms with Crippen LogP contribution in [0.1, 0.15) is 31.9 Å². The fourth-order valence-electron chi connectivity index (χ4n) is 1.56. The van der Waals surface area contributed by atoms with E-state index in [1.807, 2.05) is 12.1 Å². The number of rotatable bonds is 6. The summed E-state index contributed by atoms with van der Waals surface area (Å²) in [6, 6.07) is 8.09. The molecule has 1 N–H and O–H groups in total. The van der Waals surface area contributed by atoms with Gasteiger partial charge in [0.15, 0.2) is 0 Å². The fraction of sp³-hybridized carbons (Fsp3) is 0.538. The van der Waals surface area contributed by atoms with Crippen molar-refractivity contribution < 1.29 is 8.42 Å². The van der Waals surface area contributed by atoms with E-state index in [-0.39, 0.29) is 5.75 Å². The van der Waals surface area contributed by atoms with Gasteiger partial charge in [0, 0.05) is 6.54 Å². The Morgan fingerprint density at radius 1 is 1.12 bits per heavy atom. The molecule has 4 heteroatoms. The van der Waals surface area contributed by atoms with Gasteiger partial charge in [-0.15, -0.1) is 0 Å². The zero-order valence-electron chi connectivity index (χ0n) is 10.7. The van der Waals surface area contributed by atoms with Crippen LogP contribution in [0.2, 0.25) is 0 Å². The summed E-state index contributed by atoms with van der Waals surface area (Å²) < 4.78 is 25.1. The van der Waals surface area contributed by atoms with Crippen molar-refractivity contribution in [2.45, 2.75) is 33.7 Å². The molecule has 0 spiro atoms. The van der Waals surface area contributed by atoms with Crippen LogP contribution in [-0.4, -0.2) is 14.2 Å². The quantitative estimate of drug-likeness (QED) is 0.848. The normalized spacial score (nSPS) is 12.0. The van der Waals surface area contributed by atoms with Crippen molar-refractivity contribution in [3.63, 3.8) is 0 Å². The second-order valence-corrected chi connectivity index (χ2v) is 6.73. The second kappa shape index (κ2) is 6.17. The zero-order valence-corrected chi connectivity index (χ0v) is 11.5. The molecule has 96 valence electrons. The van der Waals surface area contributed by atoms with Crippen molar-refractivity contribution in [3.8, 4) is 0 Å². The van der Waals surface area contributed by atoms with Crippen LogP contribution in [0.5, 0.6) is 0 Å². The first-order chi connectivity index (χ1) is 7.93. The molecule has 0 saturated carbocycles. The van der Waals surface area contributed by atoms with Crippen molar-refractivity contribution >= 4 is 10.0 Å². The average molecular weight is 255 g/mol. The number of hydrogen-bond donors (Lipinski definition) is 1. The Balaban J connectivity index is 2.57. The molecule has 0 heterocycles. The van der Waals surface area contributed by atoms with Crippen LogP contribution < -0.4 is 4.72 Å². The molecule has 0 aromatic heterocycles. The molecular weight excluding hydrogens is 234 g/mol. The highest BCUT2D eigenvalue weighted by molar-refractivity contribution is 7.89. The Morgan fingerprint density at radius 3 is 2.12 bits per heavy atom. The third kappa shape index (κ3) is 5.33. The van der Waals surface area contributed by atoms with Gasteiger partial charge < -0.3 is 0 Å². The summed E-state index contributed by atoms with van der Waals surface area (Å²) in [5.74, 6) is 0.762. The molecule has 0 unspecified atom stereocenters. The molecule has 0 aliphatic rings. The van der Waals surface area contributed by atoms with Crippen molar-refractivity contribution in [3.05, 3.63) is 35.4 Å². The average Bonchev–Trinajstić information content (AvgIpc) is 2.28. The summed E-state index contributed by atoms with van der Waals surface area (Å²) in [6.45, 7) is 6.37. The maximum Gasteiger partial charge on any atom is 0.211 e. The van der Waals surface area contributed by atoms with Gasteiger partial charge in [-0.1, -0.05) is 38.1 Å². The summed E-state index contributed by atoms with van der Waals surface area (Å²) >= 11 is 0. The van der Waals surface area contributed by atoms with E-state index in [1.54, 1.807) is 6.92 Å². The van der Waals surface area contributed by atoms with E-state index in [0.717, 1.165) is 12.0 Å². The first-order valence-corrected chi connectivity index (χ1v) is 7.63. The SMILES string of the molecule is CCS(=O)(=O)NCc1ccc(CC(C)C)cc1. The molecule has 17 heavy (non-hydrogen) atoms. The summed E-state index contributed by atoms with van der Waals surface area (Å²) in [4.78, 5) is 0. The lowest BCUT2D eigenvalue weighted by molar-refractivity contribution is 0.582. The lowest BCUT2D eigenvalue weighted by Gasteiger charge is -2.07. The van der Waals surface area contributed by atoms with Gasteiger partial charge in [0.2, 0.25) is 10.0 Å². The van der Waals surface area contributed by atoms with Crippen LogP contribution in [0.25, 0.3) is 0 Å². The molecule has 0 amide bonds. The summed E-state index contributed by atoms with van der Waals surface area (Å²) in [7, 11) is -3.10. The summed E-state index contributed by atoms with van der Waals surface area (Å²) in [5, 5.41) is 0. The smallest absolute Gasteiger partial charge is 0.211 e. The van der Waals surface area contributed by atoms with Crippen molar-refractivity contribution in [1.82, 2.24) is 4.72 Å². The van der Waals surface area contributed by atoms with Crippen LogP contribution in [0, 0.1) is 5.92 Å². The Bertz CT molecular complexity index is 435. The van der Waals surface area contributed by atoms with E-state index in [2.05, 4.69) is 30.7 Å². The van der Waals surface area contributed by atoms with Crippen molar-refractivity contribution in [2.75, 3.05) is 5.75 Å². The Kier molecular flexibility index (Phi) is 5.15. The minimum atomic E-state index is -3.10. The first kappa shape index (κ1) is 14.2. The Labute approximate surface area is 104 Å². The second-order valence-electron chi connectivity index (χ2n) is 4.64. The van der Waals surface area contributed by atoms with E-state index in [9.17, 15) is 8.42 Å². The highest BCUT2D eigenvalue weighted by Gasteiger charge is 2.05. The van der Waals surface area contributed by atoms with E-state index in [0.29, 0.717) is 12.5 Å². The van der Waals surface area contributed by atoms with Crippen LogP contribution in [0.4, 0.5) is 0 Å². The fourth-order valence-corrected chi connectivity index (χ4v) is 2.15. The largest absolute Gasteiger partial charge is 0.212 e. The molecule has 1 rings (SSSR count). The predicted octanol–water partition coefficient (Wildman–Crippen LogP) is 2.32. The standard InChI is InChI=1S/C13H21NO2S/c1-4-17(15,16)14-10-13-7-5-12(6-8-13)9-11(2)3/h5-8,11,14H,4,9-10H2,1-3H3. The van der Waals surface area contributed by atoms with Gasteiger partial charge in [-0.3, -0.25) is 0 Å². The molecule has 0 aliphatic heterocycles. The third-order valence-electron chi connectivity index (χ3n) is 2.54. The number of hydrogen-bond acceptors (Lipinski definition) is 2. The van der Waals surface area contributed by atoms with Gasteiger partial charge in [-0.2, -0.15) is 0 Å². The number of nitrogens with one attached hydrogen (secondary N) is 1. The molecule has 1 aromatic rings. The maximum absolute atomic E-state index is 11.3. The molecule has 0 bridgehead atoms. The highest BCUT2D eigenvalue weighted by atomic mass is 32.2. The minimum absolute atomic E-state index is 0.123. The third-order valence-corrected chi connectivity index (χ3v) is 3.89. The van der Waals surface area contributed by atoms with Crippen molar-refractivity contribution in [1.29, 1.82) is 0 Å². The lowest BCUT2D eigenvalue weighted by atomic mass is 10.0. The summed E-state index contributed by atoms with van der Waals surface area (Å²) in [5.41, 5.74) is 2.29. The maximum atomic E-state index is 11.3. The minimum Gasteiger partial charge on any atom is -0.212 e. The van der Waals surface area contributed by atoms with E-state index in [1.165, 1.54) is 5.56 Å². The monoisotopic (exact) mass is 255 g/mol. The molecule has 1 aromatic carbocycles. The molecule has 0 radical (unpaired) electrons. The van der Waals surface area contributed by atoms with Gasteiger partial charge in [0.1, 0.15) is 0 Å². The van der Waals surface area contributed by atoms with Gasteiger partial charge >= 0.3 is 0 Å². The molecule has 0 atom stereocenters. The van der Waals surface area contributed by atoms with Gasteiger partial charge in [0.25, 0.3) is 0 Å². The molecule has 0 aliphatic carbocycles. The van der Waals surface area contributed by atoms with Gasteiger partial charge in [-0.05, 0) is 30.4 Å². The Hall–Kier alpha value is -0.870. The van der Waals surface area contributed by atoms with E-state index < -0.39 is 10.0 Å². The van der Waals surface area contributed by atoms with Gasteiger partial charge in [-0.25, -0.2) is 13.1 Å². The predicted molar refractivity (Wildman–Crippen MR) is 71.3 cm³/mol. The summed E-state index contributed by atoms with van der Waals surface area (Å²) in [6.07, 6.45) is 1.06. The Morgan fingerprint density at radius 2 is 1.65 bits per heavy atom.